The monoisotopic (exact) mass is 322 g/mol. The van der Waals surface area contributed by atoms with Crippen LogP contribution in [0.4, 0.5) is 5.82 Å². The van der Waals surface area contributed by atoms with Gasteiger partial charge in [-0.05, 0) is 34.7 Å². The van der Waals surface area contributed by atoms with E-state index in [4.69, 9.17) is 0 Å². The first-order valence-corrected chi connectivity index (χ1v) is 7.66. The molecule has 0 N–H and O–H groups in total. The van der Waals surface area contributed by atoms with Gasteiger partial charge in [0.2, 0.25) is 0 Å². The van der Waals surface area contributed by atoms with Crippen molar-refractivity contribution in [3.05, 3.63) is 23.2 Å². The number of rotatable bonds is 2. The fraction of sp³-hybridized carbons (Fsp3) is 0.571. The van der Waals surface area contributed by atoms with Gasteiger partial charge in [-0.25, -0.2) is 9.97 Å². The number of halogens is 1. The van der Waals surface area contributed by atoms with Gasteiger partial charge in [-0.15, -0.1) is 0 Å². The van der Waals surface area contributed by atoms with Crippen LogP contribution < -0.4 is 4.90 Å². The quantitative estimate of drug-likeness (QED) is 0.848. The molecular weight excluding hydrogens is 304 g/mol. The van der Waals surface area contributed by atoms with Crippen molar-refractivity contribution in [2.24, 2.45) is 5.92 Å². The van der Waals surface area contributed by atoms with Crippen molar-refractivity contribution in [2.45, 2.75) is 38.6 Å². The summed E-state index contributed by atoms with van der Waals surface area (Å²) in [5.41, 5.74) is 0.934. The first-order chi connectivity index (χ1) is 9.15. The number of hydrogen-bond donors (Lipinski definition) is 0. The van der Waals surface area contributed by atoms with Gasteiger partial charge >= 0.3 is 0 Å². The molecule has 2 aromatic rings. The summed E-state index contributed by atoms with van der Waals surface area (Å²) in [6.07, 6.45) is 10.9. The zero-order chi connectivity index (χ0) is 13.4. The molecule has 0 radical (unpaired) electrons. The van der Waals surface area contributed by atoms with E-state index in [1.807, 2.05) is 23.0 Å². The van der Waals surface area contributed by atoms with E-state index < -0.39 is 0 Å². The third-order valence-corrected chi connectivity index (χ3v) is 4.50. The lowest BCUT2D eigenvalue weighted by molar-refractivity contribution is 0.335. The summed E-state index contributed by atoms with van der Waals surface area (Å²) >= 11 is 3.49. The Morgan fingerprint density at radius 2 is 2.26 bits per heavy atom. The molecule has 19 heavy (non-hydrogen) atoms. The number of fused-ring (bicyclic) bond motifs is 1. The maximum atomic E-state index is 4.63. The van der Waals surface area contributed by atoms with Crippen molar-refractivity contribution >= 4 is 27.4 Å². The van der Waals surface area contributed by atoms with Crippen molar-refractivity contribution in [3.63, 3.8) is 0 Å². The highest BCUT2D eigenvalue weighted by Gasteiger charge is 2.25. The molecule has 102 valence electrons. The van der Waals surface area contributed by atoms with E-state index in [1.165, 1.54) is 25.7 Å². The molecule has 0 aliphatic heterocycles. The lowest BCUT2D eigenvalue weighted by Gasteiger charge is -2.34. The summed E-state index contributed by atoms with van der Waals surface area (Å²) < 4.78 is 2.87. The van der Waals surface area contributed by atoms with Crippen LogP contribution >= 0.6 is 15.9 Å². The first-order valence-electron chi connectivity index (χ1n) is 6.87. The molecule has 4 nitrogen and oxygen atoms in total. The van der Waals surface area contributed by atoms with E-state index in [-0.39, 0.29) is 0 Å². The van der Waals surface area contributed by atoms with Crippen LogP contribution in [0.3, 0.4) is 0 Å². The number of hydrogen-bond acceptors (Lipinski definition) is 3. The number of imidazole rings is 1. The first kappa shape index (κ1) is 12.9. The normalized spacial score (nSPS) is 23.7. The van der Waals surface area contributed by atoms with E-state index in [0.29, 0.717) is 6.04 Å². The number of nitrogens with zero attached hydrogens (tertiary/aromatic N) is 4. The molecule has 2 aromatic heterocycles. The third kappa shape index (κ3) is 2.48. The molecule has 1 aliphatic carbocycles. The lowest BCUT2D eigenvalue weighted by Crippen LogP contribution is -2.36. The van der Waals surface area contributed by atoms with Gasteiger partial charge in [-0.2, -0.15) is 0 Å². The topological polar surface area (TPSA) is 33.4 Å². The second-order valence-electron chi connectivity index (χ2n) is 5.58. The molecule has 5 heteroatoms. The average molecular weight is 323 g/mol. The average Bonchev–Trinajstić information content (AvgIpc) is 2.85. The summed E-state index contributed by atoms with van der Waals surface area (Å²) in [7, 11) is 2.14. The van der Waals surface area contributed by atoms with Crippen LogP contribution in [0.25, 0.3) is 5.65 Å². The Morgan fingerprint density at radius 1 is 1.42 bits per heavy atom. The molecule has 1 fully saturated rings. The molecule has 0 spiro atoms. The molecule has 0 aromatic carbocycles. The van der Waals surface area contributed by atoms with Gasteiger partial charge in [0, 0.05) is 31.7 Å². The van der Waals surface area contributed by atoms with Gasteiger partial charge in [0.05, 0.1) is 0 Å². The van der Waals surface area contributed by atoms with Crippen molar-refractivity contribution in [1.29, 1.82) is 0 Å². The molecule has 0 amide bonds. The summed E-state index contributed by atoms with van der Waals surface area (Å²) in [5, 5.41) is 0. The van der Waals surface area contributed by atoms with Crippen LogP contribution in [0.1, 0.15) is 32.6 Å². The van der Waals surface area contributed by atoms with Gasteiger partial charge in [0.25, 0.3) is 0 Å². The molecular formula is C14H19BrN4. The highest BCUT2D eigenvalue weighted by atomic mass is 79.9. The summed E-state index contributed by atoms with van der Waals surface area (Å²) in [6, 6.07) is 0.575. The van der Waals surface area contributed by atoms with E-state index in [9.17, 15) is 0 Å². The summed E-state index contributed by atoms with van der Waals surface area (Å²) in [4.78, 5) is 11.4. The minimum atomic E-state index is 0.575. The Balaban J connectivity index is 1.96. The van der Waals surface area contributed by atoms with Crippen LogP contribution in [0.5, 0.6) is 0 Å². The highest BCUT2D eigenvalue weighted by molar-refractivity contribution is 9.10. The van der Waals surface area contributed by atoms with E-state index in [1.54, 1.807) is 0 Å². The largest absolute Gasteiger partial charge is 0.354 e. The van der Waals surface area contributed by atoms with Crippen molar-refractivity contribution in [2.75, 3.05) is 11.9 Å². The molecule has 2 unspecified atom stereocenters. The van der Waals surface area contributed by atoms with Crippen LogP contribution in [-0.2, 0) is 0 Å². The molecule has 2 heterocycles. The van der Waals surface area contributed by atoms with Gasteiger partial charge in [-0.3, -0.25) is 0 Å². The van der Waals surface area contributed by atoms with E-state index in [2.05, 4.69) is 44.8 Å². The van der Waals surface area contributed by atoms with Gasteiger partial charge in [0.15, 0.2) is 11.5 Å². The minimum absolute atomic E-state index is 0.575. The summed E-state index contributed by atoms with van der Waals surface area (Å²) in [6.45, 7) is 2.35. The Bertz CT molecular complexity index is 580. The van der Waals surface area contributed by atoms with E-state index in [0.717, 1.165) is 22.0 Å². The molecule has 0 saturated heterocycles. The lowest BCUT2D eigenvalue weighted by atomic mass is 9.86. The molecule has 2 atom stereocenters. The summed E-state index contributed by atoms with van der Waals surface area (Å²) in [5.74, 6) is 1.78. The van der Waals surface area contributed by atoms with Crippen LogP contribution in [0.2, 0.25) is 0 Å². The Kier molecular flexibility index (Phi) is 3.48. The van der Waals surface area contributed by atoms with Crippen LogP contribution in [-0.4, -0.2) is 27.5 Å². The molecule has 1 saturated carbocycles. The van der Waals surface area contributed by atoms with Crippen LogP contribution in [0, 0.1) is 5.92 Å². The predicted molar refractivity (Wildman–Crippen MR) is 80.5 cm³/mol. The molecule has 1 aliphatic rings. The van der Waals surface area contributed by atoms with Crippen LogP contribution in [0.15, 0.2) is 23.2 Å². The van der Waals surface area contributed by atoms with Crippen molar-refractivity contribution < 1.29 is 0 Å². The number of anilines is 1. The van der Waals surface area contributed by atoms with Gasteiger partial charge in [0.1, 0.15) is 4.60 Å². The standard InChI is InChI=1S/C14H19BrN4/c1-10-4-3-5-11(8-10)18(2)14-13-16-6-7-19(13)9-12(15)17-14/h6-7,9-11H,3-5,8H2,1-2H3. The molecule has 3 rings (SSSR count). The minimum Gasteiger partial charge on any atom is -0.354 e. The second kappa shape index (κ2) is 5.12. The SMILES string of the molecule is CC1CCCC(N(C)c2nc(Br)cn3ccnc23)C1. The third-order valence-electron chi connectivity index (χ3n) is 4.12. The van der Waals surface area contributed by atoms with E-state index >= 15 is 0 Å². The maximum absolute atomic E-state index is 4.63. The zero-order valence-corrected chi connectivity index (χ0v) is 13.0. The fourth-order valence-electron chi connectivity index (χ4n) is 3.05. The smallest absolute Gasteiger partial charge is 0.180 e. The predicted octanol–water partition coefficient (Wildman–Crippen LogP) is 3.51. The second-order valence-corrected chi connectivity index (χ2v) is 6.39. The highest BCUT2D eigenvalue weighted by Crippen LogP contribution is 2.30. The van der Waals surface area contributed by atoms with Crippen molar-refractivity contribution in [1.82, 2.24) is 14.4 Å². The maximum Gasteiger partial charge on any atom is 0.180 e. The fourth-order valence-corrected chi connectivity index (χ4v) is 3.44. The Hall–Kier alpha value is -1.10. The zero-order valence-electron chi connectivity index (χ0n) is 11.4. The number of aromatic nitrogens is 3. The van der Waals surface area contributed by atoms with Gasteiger partial charge in [-0.1, -0.05) is 19.8 Å². The molecule has 0 bridgehead atoms. The van der Waals surface area contributed by atoms with Gasteiger partial charge < -0.3 is 9.30 Å². The van der Waals surface area contributed by atoms with Crippen molar-refractivity contribution in [3.8, 4) is 0 Å². The Morgan fingerprint density at radius 3 is 3.05 bits per heavy atom. The Labute approximate surface area is 122 Å².